The van der Waals surface area contributed by atoms with Gasteiger partial charge in [0.05, 0.1) is 17.2 Å². The molecule has 2 aromatic rings. The summed E-state index contributed by atoms with van der Waals surface area (Å²) in [6.45, 7) is 0. The van der Waals surface area contributed by atoms with Gasteiger partial charge in [0.1, 0.15) is 11.5 Å². The van der Waals surface area contributed by atoms with E-state index in [1.54, 1.807) is 6.07 Å². The zero-order valence-electron chi connectivity index (χ0n) is 13.4. The molecule has 11 heteroatoms. The van der Waals surface area contributed by atoms with Crippen molar-refractivity contribution in [2.45, 2.75) is 24.1 Å². The monoisotopic (exact) mass is 467 g/mol. The Labute approximate surface area is 161 Å². The van der Waals surface area contributed by atoms with E-state index in [2.05, 4.69) is 15.9 Å². The molecule has 0 saturated heterocycles. The van der Waals surface area contributed by atoms with E-state index in [1.807, 2.05) is 0 Å². The Morgan fingerprint density at radius 3 is 2.29 bits per heavy atom. The summed E-state index contributed by atoms with van der Waals surface area (Å²) in [7, 11) is 0. The predicted molar refractivity (Wildman–Crippen MR) is 85.3 cm³/mol. The van der Waals surface area contributed by atoms with Gasteiger partial charge in [-0.1, -0.05) is 15.9 Å². The van der Waals surface area contributed by atoms with Gasteiger partial charge < -0.3 is 14.9 Å². The van der Waals surface area contributed by atoms with Gasteiger partial charge in [-0.15, -0.1) is 0 Å². The Hall–Kier alpha value is -2.29. The fourth-order valence-electron chi connectivity index (χ4n) is 2.90. The zero-order valence-corrected chi connectivity index (χ0v) is 14.9. The molecule has 0 spiro atoms. The molecule has 2 N–H and O–H groups in total. The summed E-state index contributed by atoms with van der Waals surface area (Å²) in [5.74, 6) is -16.1. The number of fused-ring (bicyclic) bond motifs is 1. The molecule has 0 amide bonds. The van der Waals surface area contributed by atoms with Crippen molar-refractivity contribution in [1.29, 1.82) is 5.26 Å². The molecule has 1 aliphatic rings. The van der Waals surface area contributed by atoms with Crippen molar-refractivity contribution in [1.82, 2.24) is 0 Å². The molecule has 2 aromatic carbocycles. The maximum atomic E-state index is 14.0. The summed E-state index contributed by atoms with van der Waals surface area (Å²) in [5.41, 5.74) is -4.82. The van der Waals surface area contributed by atoms with E-state index in [0.29, 0.717) is 16.6 Å². The second-order valence-electron chi connectivity index (χ2n) is 5.91. The third-order valence-corrected chi connectivity index (χ3v) is 4.63. The molecular weight excluding hydrogens is 460 g/mol. The minimum Gasteiger partial charge on any atom is -0.457 e. The fourth-order valence-corrected chi connectivity index (χ4v) is 3.37. The lowest BCUT2D eigenvalue weighted by Gasteiger charge is -2.28. The minimum absolute atomic E-state index is 0.0564. The first kappa shape index (κ1) is 20.4. The van der Waals surface area contributed by atoms with Crippen molar-refractivity contribution < 1.29 is 41.3 Å². The van der Waals surface area contributed by atoms with Crippen LogP contribution in [0.4, 0.5) is 26.3 Å². The number of halogens is 7. The van der Waals surface area contributed by atoms with Crippen molar-refractivity contribution in [3.8, 4) is 17.6 Å². The van der Waals surface area contributed by atoms with Crippen LogP contribution in [0.3, 0.4) is 0 Å². The van der Waals surface area contributed by atoms with Crippen LogP contribution < -0.4 is 4.74 Å². The van der Waals surface area contributed by atoms with Crippen LogP contribution in [0.1, 0.15) is 28.7 Å². The lowest BCUT2D eigenvalue weighted by molar-refractivity contribution is -0.358. The van der Waals surface area contributed by atoms with Gasteiger partial charge in [0.2, 0.25) is 0 Å². The first-order valence-corrected chi connectivity index (χ1v) is 8.18. The Balaban J connectivity index is 2.23. The highest BCUT2D eigenvalue weighted by Gasteiger charge is 2.77. The molecule has 0 atom stereocenters. The number of benzene rings is 2. The average molecular weight is 468 g/mol. The molecule has 3 rings (SSSR count). The number of nitrogens with zero attached hydrogens (tertiary/aromatic N) is 1. The zero-order chi connectivity index (χ0) is 21.1. The summed E-state index contributed by atoms with van der Waals surface area (Å²) in [6, 6.07) is 6.48. The molecule has 0 aliphatic heterocycles. The first-order valence-electron chi connectivity index (χ1n) is 7.39. The molecule has 0 bridgehead atoms. The van der Waals surface area contributed by atoms with Gasteiger partial charge in [-0.3, -0.25) is 0 Å². The van der Waals surface area contributed by atoms with Crippen LogP contribution in [-0.4, -0.2) is 16.1 Å². The third-order valence-electron chi connectivity index (χ3n) is 4.17. The summed E-state index contributed by atoms with van der Waals surface area (Å²) < 4.78 is 88.4. The Morgan fingerprint density at radius 1 is 1.07 bits per heavy atom. The number of nitriles is 1. The Morgan fingerprint density at radius 2 is 1.71 bits per heavy atom. The van der Waals surface area contributed by atoms with Crippen LogP contribution in [-0.2, 0) is 11.7 Å². The molecule has 1 aliphatic carbocycles. The van der Waals surface area contributed by atoms with Gasteiger partial charge in [-0.2, -0.15) is 22.8 Å². The fraction of sp³-hybridized carbons (Fsp3) is 0.235. The smallest absolute Gasteiger partial charge is 0.371 e. The Bertz CT molecular complexity index is 1000. The lowest BCUT2D eigenvalue weighted by Crippen LogP contribution is -2.49. The number of ether oxygens (including phenoxy) is 1. The molecule has 148 valence electrons. The maximum Gasteiger partial charge on any atom is 0.371 e. The quantitative estimate of drug-likeness (QED) is 0.495. The predicted octanol–water partition coefficient (Wildman–Crippen LogP) is 4.93. The van der Waals surface area contributed by atoms with Gasteiger partial charge in [0.15, 0.2) is 0 Å². The largest absolute Gasteiger partial charge is 0.457 e. The average Bonchev–Trinajstić information content (AvgIpc) is 2.69. The molecule has 0 fully saturated rings. The van der Waals surface area contributed by atoms with Gasteiger partial charge in [-0.25, -0.2) is 8.78 Å². The van der Waals surface area contributed by atoms with E-state index in [1.165, 1.54) is 12.1 Å². The molecule has 28 heavy (non-hydrogen) atoms. The summed E-state index contributed by atoms with van der Waals surface area (Å²) in [6.07, 6.45) is -3.66. The number of alkyl halides is 6. The maximum absolute atomic E-state index is 14.0. The molecule has 0 heterocycles. The van der Waals surface area contributed by atoms with Crippen LogP contribution in [0.2, 0.25) is 0 Å². The van der Waals surface area contributed by atoms with E-state index in [9.17, 15) is 36.6 Å². The molecule has 0 saturated carbocycles. The van der Waals surface area contributed by atoms with Crippen LogP contribution >= 0.6 is 15.9 Å². The van der Waals surface area contributed by atoms with Crippen LogP contribution in [0.5, 0.6) is 11.5 Å². The van der Waals surface area contributed by atoms with Crippen LogP contribution in [0.25, 0.3) is 0 Å². The van der Waals surface area contributed by atoms with Crippen molar-refractivity contribution in [3.05, 3.63) is 57.1 Å². The highest BCUT2D eigenvalue weighted by molar-refractivity contribution is 9.10. The molecule has 0 unspecified atom stereocenters. The number of aliphatic hydroxyl groups is 2. The van der Waals surface area contributed by atoms with Crippen LogP contribution in [0, 0.1) is 11.3 Å². The standard InChI is InChI=1S/C17H8BrF6NO3/c18-8-3-7(6-25)4-9(5-8)28-11-2-1-10-13(12(11)14(19)20)16(26,27)17(23,24)15(10,21)22/h1-5,14,26-27H. The van der Waals surface area contributed by atoms with Crippen molar-refractivity contribution >= 4 is 15.9 Å². The molecular formula is C17H8BrF6NO3. The van der Waals surface area contributed by atoms with Crippen molar-refractivity contribution in [2.24, 2.45) is 0 Å². The Kier molecular flexibility index (Phi) is 4.65. The normalized spacial score (nSPS) is 18.6. The van der Waals surface area contributed by atoms with Crippen molar-refractivity contribution in [3.63, 3.8) is 0 Å². The highest BCUT2D eigenvalue weighted by atomic mass is 79.9. The summed E-state index contributed by atoms with van der Waals surface area (Å²) >= 11 is 3.05. The molecule has 0 aromatic heterocycles. The van der Waals surface area contributed by atoms with Gasteiger partial charge >= 0.3 is 11.8 Å². The van der Waals surface area contributed by atoms with E-state index in [-0.39, 0.29) is 11.3 Å². The lowest BCUT2D eigenvalue weighted by atomic mass is 9.98. The van der Waals surface area contributed by atoms with Gasteiger partial charge in [0.25, 0.3) is 12.2 Å². The topological polar surface area (TPSA) is 73.5 Å². The number of hydrogen-bond acceptors (Lipinski definition) is 4. The molecule has 4 nitrogen and oxygen atoms in total. The van der Waals surface area contributed by atoms with E-state index in [4.69, 9.17) is 10.00 Å². The second kappa shape index (κ2) is 6.37. The van der Waals surface area contributed by atoms with Gasteiger partial charge in [0, 0.05) is 15.6 Å². The first-order chi connectivity index (χ1) is 12.8. The van der Waals surface area contributed by atoms with Gasteiger partial charge in [-0.05, 0) is 30.3 Å². The molecule has 0 radical (unpaired) electrons. The minimum atomic E-state index is -5.45. The third kappa shape index (κ3) is 2.75. The second-order valence-corrected chi connectivity index (χ2v) is 6.83. The van der Waals surface area contributed by atoms with Crippen molar-refractivity contribution in [2.75, 3.05) is 0 Å². The number of rotatable bonds is 3. The highest BCUT2D eigenvalue weighted by Crippen LogP contribution is 2.62. The van der Waals surface area contributed by atoms with E-state index >= 15 is 0 Å². The summed E-state index contributed by atoms with van der Waals surface area (Å²) in [5, 5.41) is 28.2. The SMILES string of the molecule is N#Cc1cc(Br)cc(Oc2ccc3c(c2C(F)F)C(O)(O)C(F)(F)C3(F)F)c1. The summed E-state index contributed by atoms with van der Waals surface area (Å²) in [4.78, 5) is 0. The van der Waals surface area contributed by atoms with E-state index < -0.39 is 46.5 Å². The van der Waals surface area contributed by atoms with Crippen LogP contribution in [0.15, 0.2) is 34.8 Å². The van der Waals surface area contributed by atoms with E-state index in [0.717, 1.165) is 6.07 Å². The number of hydrogen-bond donors (Lipinski definition) is 2.